The van der Waals surface area contributed by atoms with Crippen LogP contribution in [0.2, 0.25) is 0 Å². The van der Waals surface area contributed by atoms with E-state index in [-0.39, 0.29) is 17.9 Å². The summed E-state index contributed by atoms with van der Waals surface area (Å²) in [5, 5.41) is 12.6. The van der Waals surface area contributed by atoms with Gasteiger partial charge in [-0.25, -0.2) is 0 Å². The molecule has 0 saturated carbocycles. The summed E-state index contributed by atoms with van der Waals surface area (Å²) in [4.78, 5) is 25.5. The molecule has 1 amide bonds. The standard InChI is InChI=1S/C13H22N2O4/c1-9(2)13(12(17)18)3-5-15(8-13)11(16)10-7-19-6-4-14-10/h9-10,14H,3-8H2,1-2H3,(H,17,18). The number of hydrogen-bond acceptors (Lipinski definition) is 4. The van der Waals surface area contributed by atoms with Crippen molar-refractivity contribution < 1.29 is 19.4 Å². The van der Waals surface area contributed by atoms with E-state index in [1.807, 2.05) is 13.8 Å². The van der Waals surface area contributed by atoms with Crippen molar-refractivity contribution in [1.29, 1.82) is 0 Å². The van der Waals surface area contributed by atoms with E-state index in [1.54, 1.807) is 4.90 Å². The number of likely N-dealkylation sites (tertiary alicyclic amines) is 1. The van der Waals surface area contributed by atoms with Gasteiger partial charge in [0.15, 0.2) is 0 Å². The predicted octanol–water partition coefficient (Wildman–Crippen LogP) is -0.0659. The molecule has 2 N–H and O–H groups in total. The second-order valence-corrected chi connectivity index (χ2v) is 5.71. The first-order valence-electron chi connectivity index (χ1n) is 6.80. The average Bonchev–Trinajstić information content (AvgIpc) is 2.85. The van der Waals surface area contributed by atoms with E-state index in [9.17, 15) is 14.7 Å². The second-order valence-electron chi connectivity index (χ2n) is 5.71. The van der Waals surface area contributed by atoms with Crippen molar-refractivity contribution in [2.75, 3.05) is 32.8 Å². The molecule has 2 aliphatic rings. The lowest BCUT2D eigenvalue weighted by atomic mass is 9.76. The van der Waals surface area contributed by atoms with Crippen LogP contribution in [0.15, 0.2) is 0 Å². The smallest absolute Gasteiger partial charge is 0.311 e. The number of aliphatic carboxylic acids is 1. The summed E-state index contributed by atoms with van der Waals surface area (Å²) in [5.74, 6) is -0.826. The molecule has 0 radical (unpaired) electrons. The highest BCUT2D eigenvalue weighted by Gasteiger charge is 2.49. The van der Waals surface area contributed by atoms with Crippen LogP contribution in [0.5, 0.6) is 0 Å². The van der Waals surface area contributed by atoms with Crippen molar-refractivity contribution in [3.05, 3.63) is 0 Å². The summed E-state index contributed by atoms with van der Waals surface area (Å²) in [6.07, 6.45) is 0.527. The first-order valence-corrected chi connectivity index (χ1v) is 6.80. The van der Waals surface area contributed by atoms with Crippen molar-refractivity contribution >= 4 is 11.9 Å². The lowest BCUT2D eigenvalue weighted by Crippen LogP contribution is -2.53. The number of ether oxygens (including phenoxy) is 1. The van der Waals surface area contributed by atoms with Gasteiger partial charge >= 0.3 is 5.97 Å². The minimum Gasteiger partial charge on any atom is -0.481 e. The molecule has 6 nitrogen and oxygen atoms in total. The van der Waals surface area contributed by atoms with Crippen molar-refractivity contribution in [1.82, 2.24) is 10.2 Å². The molecule has 2 saturated heterocycles. The third kappa shape index (κ3) is 2.60. The largest absolute Gasteiger partial charge is 0.481 e. The van der Waals surface area contributed by atoms with Crippen LogP contribution in [0.3, 0.4) is 0 Å². The number of hydrogen-bond donors (Lipinski definition) is 2. The SMILES string of the molecule is CC(C)C1(C(=O)O)CCN(C(=O)C2COCCN2)C1. The second kappa shape index (κ2) is 5.46. The Labute approximate surface area is 113 Å². The number of rotatable bonds is 3. The third-order valence-electron chi connectivity index (χ3n) is 4.36. The van der Waals surface area contributed by atoms with Crippen LogP contribution in [0, 0.1) is 11.3 Å². The monoisotopic (exact) mass is 270 g/mol. The van der Waals surface area contributed by atoms with Gasteiger partial charge in [-0.2, -0.15) is 0 Å². The Morgan fingerprint density at radius 1 is 1.47 bits per heavy atom. The van der Waals surface area contributed by atoms with E-state index in [4.69, 9.17) is 4.74 Å². The van der Waals surface area contributed by atoms with Gasteiger partial charge in [0.05, 0.1) is 18.6 Å². The third-order valence-corrected chi connectivity index (χ3v) is 4.36. The Kier molecular flexibility index (Phi) is 4.10. The van der Waals surface area contributed by atoms with E-state index >= 15 is 0 Å². The molecule has 19 heavy (non-hydrogen) atoms. The van der Waals surface area contributed by atoms with Crippen molar-refractivity contribution in [3.63, 3.8) is 0 Å². The predicted molar refractivity (Wildman–Crippen MR) is 68.7 cm³/mol. The van der Waals surface area contributed by atoms with Gasteiger partial charge in [-0.05, 0) is 12.3 Å². The normalized spacial score (nSPS) is 31.7. The fourth-order valence-electron chi connectivity index (χ4n) is 2.86. The summed E-state index contributed by atoms with van der Waals surface area (Å²) in [5.41, 5.74) is -0.800. The highest BCUT2D eigenvalue weighted by Crippen LogP contribution is 2.38. The number of amides is 1. The van der Waals surface area contributed by atoms with Gasteiger partial charge < -0.3 is 20.1 Å². The van der Waals surface area contributed by atoms with Crippen molar-refractivity contribution in [2.45, 2.75) is 26.3 Å². The van der Waals surface area contributed by atoms with E-state index in [0.717, 1.165) is 0 Å². The van der Waals surface area contributed by atoms with Gasteiger partial charge in [-0.1, -0.05) is 13.8 Å². The molecular formula is C13H22N2O4. The fourth-order valence-corrected chi connectivity index (χ4v) is 2.86. The number of carbonyl (C=O) groups is 2. The Balaban J connectivity index is 2.04. The van der Waals surface area contributed by atoms with Crippen LogP contribution in [-0.4, -0.2) is 60.8 Å². The summed E-state index contributed by atoms with van der Waals surface area (Å²) < 4.78 is 5.28. The molecule has 0 aromatic carbocycles. The summed E-state index contributed by atoms with van der Waals surface area (Å²) in [7, 11) is 0. The number of carboxylic acids is 1. The zero-order valence-corrected chi connectivity index (χ0v) is 11.5. The molecular weight excluding hydrogens is 248 g/mol. The van der Waals surface area contributed by atoms with Crippen LogP contribution in [0.1, 0.15) is 20.3 Å². The molecule has 2 rings (SSSR count). The van der Waals surface area contributed by atoms with Gasteiger partial charge in [0.2, 0.25) is 5.91 Å². The molecule has 0 bridgehead atoms. The fraction of sp³-hybridized carbons (Fsp3) is 0.846. The van der Waals surface area contributed by atoms with Crippen LogP contribution in [0.4, 0.5) is 0 Å². The van der Waals surface area contributed by atoms with Crippen molar-refractivity contribution in [3.8, 4) is 0 Å². The minimum absolute atomic E-state index is 0.0124. The molecule has 2 atom stereocenters. The number of nitrogens with one attached hydrogen (secondary N) is 1. The molecule has 0 spiro atoms. The Morgan fingerprint density at radius 3 is 2.68 bits per heavy atom. The van der Waals surface area contributed by atoms with Crippen molar-refractivity contribution in [2.24, 2.45) is 11.3 Å². The van der Waals surface area contributed by atoms with Crippen LogP contribution in [0.25, 0.3) is 0 Å². The van der Waals surface area contributed by atoms with E-state index in [0.29, 0.717) is 39.3 Å². The van der Waals surface area contributed by atoms with Crippen LogP contribution in [-0.2, 0) is 14.3 Å². The van der Waals surface area contributed by atoms with E-state index < -0.39 is 11.4 Å². The molecule has 2 fully saturated rings. The number of morpholine rings is 1. The molecule has 108 valence electrons. The molecule has 2 unspecified atom stereocenters. The zero-order chi connectivity index (χ0) is 14.0. The first kappa shape index (κ1) is 14.3. The van der Waals surface area contributed by atoms with Gasteiger partial charge in [-0.3, -0.25) is 9.59 Å². The average molecular weight is 270 g/mol. The molecule has 2 heterocycles. The summed E-state index contributed by atoms with van der Waals surface area (Å²) >= 11 is 0. The number of carbonyl (C=O) groups excluding carboxylic acids is 1. The number of nitrogens with zero attached hydrogens (tertiary/aromatic N) is 1. The maximum atomic E-state index is 12.3. The molecule has 0 aliphatic carbocycles. The molecule has 0 aromatic heterocycles. The lowest BCUT2D eigenvalue weighted by Gasteiger charge is -2.31. The lowest BCUT2D eigenvalue weighted by molar-refractivity contribution is -0.151. The summed E-state index contributed by atoms with van der Waals surface area (Å²) in [6, 6.07) is -0.328. The zero-order valence-electron chi connectivity index (χ0n) is 11.5. The maximum absolute atomic E-state index is 12.3. The van der Waals surface area contributed by atoms with Gasteiger partial charge in [0, 0.05) is 19.6 Å². The van der Waals surface area contributed by atoms with E-state index in [2.05, 4.69) is 5.32 Å². The quantitative estimate of drug-likeness (QED) is 0.751. The Morgan fingerprint density at radius 2 is 2.21 bits per heavy atom. The van der Waals surface area contributed by atoms with E-state index in [1.165, 1.54) is 0 Å². The van der Waals surface area contributed by atoms with Gasteiger partial charge in [0.1, 0.15) is 6.04 Å². The molecule has 6 heteroatoms. The van der Waals surface area contributed by atoms with Crippen LogP contribution < -0.4 is 5.32 Å². The van der Waals surface area contributed by atoms with Gasteiger partial charge in [0.25, 0.3) is 0 Å². The highest BCUT2D eigenvalue weighted by molar-refractivity contribution is 5.84. The highest BCUT2D eigenvalue weighted by atomic mass is 16.5. The first-order chi connectivity index (χ1) is 8.97. The van der Waals surface area contributed by atoms with Crippen LogP contribution >= 0.6 is 0 Å². The molecule has 2 aliphatic heterocycles. The Hall–Kier alpha value is -1.14. The minimum atomic E-state index is -0.800. The topological polar surface area (TPSA) is 78.9 Å². The number of carboxylic acid groups (broad SMARTS) is 1. The summed E-state index contributed by atoms with van der Waals surface area (Å²) in [6.45, 7) is 6.29. The maximum Gasteiger partial charge on any atom is 0.311 e. The Bertz CT molecular complexity index is 366. The van der Waals surface area contributed by atoms with Gasteiger partial charge in [-0.15, -0.1) is 0 Å². The molecule has 0 aromatic rings.